The van der Waals surface area contributed by atoms with Crippen LogP contribution in [0.3, 0.4) is 0 Å². The third kappa shape index (κ3) is 5.31. The Morgan fingerprint density at radius 3 is 1.80 bits per heavy atom. The zero-order valence-electron chi connectivity index (χ0n) is 22.9. The number of H-pyrrole nitrogens is 1. The lowest BCUT2D eigenvalue weighted by molar-refractivity contribution is -0.147. The lowest BCUT2D eigenvalue weighted by Gasteiger charge is -2.29. The molecule has 1 aromatic heterocycles. The number of carbonyl (C=O) groups excluding carboxylic acids is 1. The number of para-hydroxylation sites is 1. The van der Waals surface area contributed by atoms with Crippen molar-refractivity contribution in [3.63, 3.8) is 0 Å². The zero-order valence-corrected chi connectivity index (χ0v) is 22.9. The molecule has 0 spiro atoms. The maximum absolute atomic E-state index is 14.2. The molecule has 3 N–H and O–H groups in total. The average molecular weight is 541 g/mol. The molecule has 5 nitrogen and oxygen atoms in total. The summed E-state index contributed by atoms with van der Waals surface area (Å²) in [4.78, 5) is 30.1. The topological polar surface area (TPSA) is 82.2 Å². The first kappa shape index (κ1) is 26.3. The SMILES string of the molecule is C[C@@](Cc1c[nH]c2ccccc12)(NC(=O)C(Cc1cccc2ccccc12)Cc1cccc2ccccc12)C(=O)O. The van der Waals surface area contributed by atoms with E-state index >= 15 is 0 Å². The highest BCUT2D eigenvalue weighted by atomic mass is 16.4. The Morgan fingerprint density at radius 2 is 1.22 bits per heavy atom. The van der Waals surface area contributed by atoms with E-state index in [1.54, 1.807) is 6.92 Å². The minimum atomic E-state index is -1.49. The zero-order chi connectivity index (χ0) is 28.4. The van der Waals surface area contributed by atoms with E-state index in [2.05, 4.69) is 58.8 Å². The van der Waals surface area contributed by atoms with E-state index in [0.29, 0.717) is 12.8 Å². The van der Waals surface area contributed by atoms with Crippen molar-refractivity contribution in [1.29, 1.82) is 0 Å². The summed E-state index contributed by atoms with van der Waals surface area (Å²) in [7, 11) is 0. The molecule has 1 amide bonds. The number of carboxylic acid groups (broad SMARTS) is 1. The van der Waals surface area contributed by atoms with Crippen LogP contribution in [0.1, 0.15) is 23.6 Å². The first-order valence-electron chi connectivity index (χ1n) is 13.9. The van der Waals surface area contributed by atoms with Crippen molar-refractivity contribution in [2.45, 2.75) is 31.7 Å². The highest BCUT2D eigenvalue weighted by Gasteiger charge is 2.37. The van der Waals surface area contributed by atoms with E-state index in [-0.39, 0.29) is 12.3 Å². The summed E-state index contributed by atoms with van der Waals surface area (Å²) >= 11 is 0. The lowest BCUT2D eigenvalue weighted by atomic mass is 9.86. The van der Waals surface area contributed by atoms with Crippen LogP contribution in [0.25, 0.3) is 32.4 Å². The molecule has 0 saturated heterocycles. The number of hydrogen-bond donors (Lipinski definition) is 3. The summed E-state index contributed by atoms with van der Waals surface area (Å²) in [5.41, 5.74) is 2.43. The Balaban J connectivity index is 1.36. The number of fused-ring (bicyclic) bond motifs is 3. The molecular weight excluding hydrogens is 508 g/mol. The smallest absolute Gasteiger partial charge is 0.329 e. The molecule has 0 saturated carbocycles. The molecule has 0 aliphatic rings. The monoisotopic (exact) mass is 540 g/mol. The van der Waals surface area contributed by atoms with Gasteiger partial charge in [0.15, 0.2) is 0 Å². The largest absolute Gasteiger partial charge is 0.480 e. The fourth-order valence-electron chi connectivity index (χ4n) is 5.94. The number of carboxylic acids is 1. The number of carbonyl (C=O) groups is 2. The fourth-order valence-corrected chi connectivity index (χ4v) is 5.94. The Morgan fingerprint density at radius 1 is 0.707 bits per heavy atom. The van der Waals surface area contributed by atoms with Crippen molar-refractivity contribution in [2.24, 2.45) is 5.92 Å². The molecule has 0 radical (unpaired) electrons. The highest BCUT2D eigenvalue weighted by molar-refractivity contribution is 5.92. The van der Waals surface area contributed by atoms with E-state index in [1.165, 1.54) is 0 Å². The molecular formula is C36H32N2O3. The van der Waals surface area contributed by atoms with Crippen molar-refractivity contribution >= 4 is 44.3 Å². The van der Waals surface area contributed by atoms with Gasteiger partial charge in [-0.05, 0) is 64.1 Å². The van der Waals surface area contributed by atoms with Gasteiger partial charge in [0.05, 0.1) is 0 Å². The lowest BCUT2D eigenvalue weighted by Crippen LogP contribution is -2.55. The number of amides is 1. The highest BCUT2D eigenvalue weighted by Crippen LogP contribution is 2.28. The van der Waals surface area contributed by atoms with Crippen LogP contribution in [-0.4, -0.2) is 27.5 Å². The molecule has 0 aliphatic heterocycles. The second-order valence-corrected chi connectivity index (χ2v) is 11.0. The Labute approximate surface area is 238 Å². The van der Waals surface area contributed by atoms with E-state index < -0.39 is 17.4 Å². The quantitative estimate of drug-likeness (QED) is 0.183. The van der Waals surface area contributed by atoms with Crippen LogP contribution in [0.2, 0.25) is 0 Å². The van der Waals surface area contributed by atoms with Gasteiger partial charge < -0.3 is 15.4 Å². The summed E-state index contributed by atoms with van der Waals surface area (Å²) in [6.07, 6.45) is 2.97. The van der Waals surface area contributed by atoms with Crippen LogP contribution in [0, 0.1) is 5.92 Å². The van der Waals surface area contributed by atoms with E-state index in [4.69, 9.17) is 0 Å². The van der Waals surface area contributed by atoms with Gasteiger partial charge in [-0.1, -0.05) is 103 Å². The number of aromatic nitrogens is 1. The van der Waals surface area contributed by atoms with Crippen molar-refractivity contribution in [3.8, 4) is 0 Å². The second kappa shape index (κ2) is 10.9. The van der Waals surface area contributed by atoms with Gasteiger partial charge in [0.1, 0.15) is 5.54 Å². The van der Waals surface area contributed by atoms with Gasteiger partial charge in [-0.2, -0.15) is 0 Å². The predicted molar refractivity (Wildman–Crippen MR) is 165 cm³/mol. The first-order valence-corrected chi connectivity index (χ1v) is 13.9. The molecule has 0 fully saturated rings. The number of hydrogen-bond acceptors (Lipinski definition) is 2. The molecule has 0 unspecified atom stereocenters. The number of nitrogens with one attached hydrogen (secondary N) is 2. The Kier molecular flexibility index (Phi) is 7.02. The van der Waals surface area contributed by atoms with Gasteiger partial charge >= 0.3 is 5.97 Å². The molecule has 5 heteroatoms. The molecule has 204 valence electrons. The maximum atomic E-state index is 14.2. The number of rotatable bonds is 9. The third-order valence-electron chi connectivity index (χ3n) is 8.15. The summed E-state index contributed by atoms with van der Waals surface area (Å²) in [6.45, 7) is 1.60. The molecule has 41 heavy (non-hydrogen) atoms. The van der Waals surface area contributed by atoms with Crippen molar-refractivity contribution in [1.82, 2.24) is 10.3 Å². The number of aliphatic carboxylic acids is 1. The van der Waals surface area contributed by atoms with Gasteiger partial charge in [0, 0.05) is 29.4 Å². The van der Waals surface area contributed by atoms with Crippen LogP contribution in [-0.2, 0) is 28.9 Å². The van der Waals surface area contributed by atoms with Crippen molar-refractivity contribution < 1.29 is 14.7 Å². The standard InChI is InChI=1S/C36H32N2O3/c1-36(35(40)41,22-29-23-37-33-19-7-6-18-32(29)33)38-34(39)28(20-26-14-8-12-24-10-2-4-16-30(24)26)21-27-15-9-13-25-11-3-5-17-31(25)27/h2-19,23,28,37H,20-22H2,1H3,(H,38,39)(H,40,41)/t36-/m0/s1. The van der Waals surface area contributed by atoms with E-state index in [1.807, 2.05) is 66.9 Å². The molecule has 1 heterocycles. The van der Waals surface area contributed by atoms with Crippen molar-refractivity contribution in [2.75, 3.05) is 0 Å². The second-order valence-electron chi connectivity index (χ2n) is 11.0. The van der Waals surface area contributed by atoms with Gasteiger partial charge in [0.2, 0.25) is 5.91 Å². The molecule has 0 aliphatic carbocycles. The number of aromatic amines is 1. The number of benzene rings is 5. The van der Waals surface area contributed by atoms with Crippen molar-refractivity contribution in [3.05, 3.63) is 132 Å². The molecule has 6 rings (SSSR count). The minimum absolute atomic E-state index is 0.160. The predicted octanol–water partition coefficient (Wildman–Crippen LogP) is 7.08. The van der Waals surface area contributed by atoms with Crippen LogP contribution in [0.4, 0.5) is 0 Å². The summed E-state index contributed by atoms with van der Waals surface area (Å²) in [5.74, 6) is -1.81. The fraction of sp³-hybridized carbons (Fsp3) is 0.167. The summed E-state index contributed by atoms with van der Waals surface area (Å²) in [5, 5.41) is 18.7. The first-order chi connectivity index (χ1) is 19.9. The normalized spacial score (nSPS) is 13.0. The maximum Gasteiger partial charge on any atom is 0.329 e. The van der Waals surface area contributed by atoms with E-state index in [0.717, 1.165) is 49.1 Å². The van der Waals surface area contributed by atoms with E-state index in [9.17, 15) is 14.7 Å². The Bertz CT molecular complexity index is 1800. The molecule has 5 aromatic carbocycles. The van der Waals surface area contributed by atoms with Gasteiger partial charge in [-0.3, -0.25) is 4.79 Å². The molecule has 0 bridgehead atoms. The Hall–Kier alpha value is -4.90. The van der Waals surface area contributed by atoms with Crippen LogP contribution >= 0.6 is 0 Å². The summed E-state index contributed by atoms with van der Waals surface area (Å²) in [6, 6.07) is 36.4. The van der Waals surface area contributed by atoms with Crippen LogP contribution in [0.5, 0.6) is 0 Å². The molecule has 1 atom stereocenters. The third-order valence-corrected chi connectivity index (χ3v) is 8.15. The molecule has 6 aromatic rings. The van der Waals surface area contributed by atoms with Gasteiger partial charge in [-0.15, -0.1) is 0 Å². The van der Waals surface area contributed by atoms with Gasteiger partial charge in [-0.25, -0.2) is 4.79 Å². The minimum Gasteiger partial charge on any atom is -0.480 e. The average Bonchev–Trinajstić information content (AvgIpc) is 3.39. The van der Waals surface area contributed by atoms with Gasteiger partial charge in [0.25, 0.3) is 0 Å². The summed E-state index contributed by atoms with van der Waals surface area (Å²) < 4.78 is 0. The van der Waals surface area contributed by atoms with Crippen LogP contribution in [0.15, 0.2) is 115 Å². The van der Waals surface area contributed by atoms with Crippen LogP contribution < -0.4 is 5.32 Å².